The summed E-state index contributed by atoms with van der Waals surface area (Å²) in [4.78, 5) is 33.7. The molecule has 1 saturated carbocycles. The van der Waals surface area contributed by atoms with E-state index in [1.165, 1.54) is 31.2 Å². The van der Waals surface area contributed by atoms with Crippen LogP contribution in [0.4, 0.5) is 11.4 Å². The first-order valence-electron chi connectivity index (χ1n) is 6.26. The lowest BCUT2D eigenvalue weighted by atomic mass is 10.1. The van der Waals surface area contributed by atoms with E-state index in [9.17, 15) is 19.7 Å². The van der Waals surface area contributed by atoms with Crippen molar-refractivity contribution >= 4 is 46.5 Å². The fourth-order valence-electron chi connectivity index (χ4n) is 1.84. The third-order valence-electron chi connectivity index (χ3n) is 3.42. The molecule has 7 nitrogen and oxygen atoms in total. The van der Waals surface area contributed by atoms with E-state index in [0.717, 1.165) is 0 Å². The summed E-state index contributed by atoms with van der Waals surface area (Å²) < 4.78 is 3.67. The molecule has 1 fully saturated rings. The molecule has 0 saturated heterocycles. The Labute approximate surface area is 135 Å². The molecule has 1 aromatic carbocycles. The van der Waals surface area contributed by atoms with Gasteiger partial charge in [-0.05, 0) is 13.0 Å². The number of rotatable bonds is 5. The first-order valence-corrected chi connectivity index (χ1v) is 7.01. The molecule has 1 aliphatic carbocycles. The van der Waals surface area contributed by atoms with Gasteiger partial charge in [-0.3, -0.25) is 19.7 Å². The van der Waals surface area contributed by atoms with Gasteiger partial charge in [0.15, 0.2) is 6.61 Å². The molecular formula is C13H12Cl2N2O5. The van der Waals surface area contributed by atoms with E-state index in [2.05, 4.69) is 5.32 Å². The van der Waals surface area contributed by atoms with Crippen LogP contribution in [-0.2, 0) is 14.3 Å². The van der Waals surface area contributed by atoms with E-state index in [4.69, 9.17) is 27.9 Å². The highest BCUT2D eigenvalue weighted by molar-refractivity contribution is 6.53. The number of amides is 1. The van der Waals surface area contributed by atoms with Crippen LogP contribution in [0.25, 0.3) is 0 Å². The highest BCUT2D eigenvalue weighted by Gasteiger charge is 2.69. The van der Waals surface area contributed by atoms with Crippen molar-refractivity contribution in [1.29, 1.82) is 0 Å². The maximum Gasteiger partial charge on any atom is 0.315 e. The zero-order valence-electron chi connectivity index (χ0n) is 11.5. The molecule has 22 heavy (non-hydrogen) atoms. The quantitative estimate of drug-likeness (QED) is 0.382. The van der Waals surface area contributed by atoms with Crippen molar-refractivity contribution in [1.82, 2.24) is 0 Å². The van der Waals surface area contributed by atoms with E-state index < -0.39 is 33.2 Å². The lowest BCUT2D eigenvalue weighted by Gasteiger charge is -2.11. The molecule has 9 heteroatoms. The Balaban J connectivity index is 1.92. The fraction of sp³-hybridized carbons (Fsp3) is 0.385. The van der Waals surface area contributed by atoms with Gasteiger partial charge >= 0.3 is 5.97 Å². The SMILES string of the molecule is C[C@]1(C(=O)OCC(=O)Nc2ccccc2[N+](=O)[O-])CC1(Cl)Cl. The van der Waals surface area contributed by atoms with Crippen LogP contribution in [0.3, 0.4) is 0 Å². The van der Waals surface area contributed by atoms with Gasteiger partial charge in [-0.25, -0.2) is 0 Å². The van der Waals surface area contributed by atoms with Gasteiger partial charge in [0.25, 0.3) is 11.6 Å². The zero-order valence-corrected chi connectivity index (χ0v) is 13.0. The van der Waals surface area contributed by atoms with Crippen LogP contribution < -0.4 is 5.32 Å². The van der Waals surface area contributed by atoms with Crippen LogP contribution in [0.15, 0.2) is 24.3 Å². The average molecular weight is 347 g/mol. The number of anilines is 1. The molecular weight excluding hydrogens is 335 g/mol. The minimum Gasteiger partial charge on any atom is -0.455 e. The van der Waals surface area contributed by atoms with Gasteiger partial charge in [0.05, 0.1) is 4.92 Å². The Morgan fingerprint density at radius 2 is 2.00 bits per heavy atom. The molecule has 0 unspecified atom stereocenters. The summed E-state index contributed by atoms with van der Waals surface area (Å²) in [5.74, 6) is -1.38. The number of para-hydroxylation sites is 2. The third-order valence-corrected chi connectivity index (χ3v) is 4.52. The van der Waals surface area contributed by atoms with Crippen molar-refractivity contribution in [3.05, 3.63) is 34.4 Å². The second kappa shape index (κ2) is 5.73. The van der Waals surface area contributed by atoms with E-state index >= 15 is 0 Å². The van der Waals surface area contributed by atoms with Crippen molar-refractivity contribution in [2.45, 2.75) is 17.7 Å². The van der Waals surface area contributed by atoms with E-state index in [1.54, 1.807) is 0 Å². The molecule has 0 aromatic heterocycles. The Morgan fingerprint density at radius 1 is 1.41 bits per heavy atom. The summed E-state index contributed by atoms with van der Waals surface area (Å²) in [6, 6.07) is 5.64. The number of carbonyl (C=O) groups excluding carboxylic acids is 2. The molecule has 1 aromatic rings. The number of alkyl halides is 2. The van der Waals surface area contributed by atoms with E-state index in [1.807, 2.05) is 0 Å². The Hall–Kier alpha value is -1.86. The average Bonchev–Trinajstić information content (AvgIpc) is 2.96. The van der Waals surface area contributed by atoms with Crippen molar-refractivity contribution < 1.29 is 19.2 Å². The molecule has 1 aliphatic rings. The summed E-state index contributed by atoms with van der Waals surface area (Å²) >= 11 is 11.7. The number of nitrogens with zero attached hydrogens (tertiary/aromatic N) is 1. The van der Waals surface area contributed by atoms with Gasteiger partial charge in [0.2, 0.25) is 0 Å². The number of nitro benzene ring substituents is 1. The smallest absolute Gasteiger partial charge is 0.315 e. The molecule has 0 aliphatic heterocycles. The number of ether oxygens (including phenoxy) is 1. The Kier molecular flexibility index (Phi) is 4.30. The van der Waals surface area contributed by atoms with Gasteiger partial charge in [-0.1, -0.05) is 12.1 Å². The van der Waals surface area contributed by atoms with Gasteiger partial charge in [-0.2, -0.15) is 0 Å². The van der Waals surface area contributed by atoms with Crippen LogP contribution in [0, 0.1) is 15.5 Å². The fourth-order valence-corrected chi connectivity index (χ4v) is 2.53. The number of benzene rings is 1. The Morgan fingerprint density at radius 3 is 2.55 bits per heavy atom. The zero-order chi connectivity index (χ0) is 16.5. The summed E-state index contributed by atoms with van der Waals surface area (Å²) in [6.45, 7) is 0.958. The number of hydrogen-bond acceptors (Lipinski definition) is 5. The standard InChI is InChI=1S/C13H12Cl2N2O5/c1-12(7-13(12,14)15)11(19)22-6-10(18)16-8-4-2-3-5-9(8)17(20)21/h2-5H,6-7H2,1H3,(H,16,18)/t12-/m1/s1. The maximum absolute atomic E-state index is 11.8. The van der Waals surface area contributed by atoms with Crippen molar-refractivity contribution in [3.8, 4) is 0 Å². The van der Waals surface area contributed by atoms with E-state index in [0.29, 0.717) is 0 Å². The lowest BCUT2D eigenvalue weighted by Crippen LogP contribution is -2.27. The number of halogens is 2. The lowest BCUT2D eigenvalue weighted by molar-refractivity contribution is -0.383. The first kappa shape index (κ1) is 16.5. The second-order valence-electron chi connectivity index (χ2n) is 5.11. The largest absolute Gasteiger partial charge is 0.455 e. The third kappa shape index (κ3) is 3.15. The van der Waals surface area contributed by atoms with Gasteiger partial charge < -0.3 is 10.1 Å². The normalized spacial score (nSPS) is 21.8. The number of nitrogens with one attached hydrogen (secondary N) is 1. The van der Waals surface area contributed by atoms with Crippen LogP contribution in [-0.4, -0.2) is 27.7 Å². The minimum absolute atomic E-state index is 0.0233. The van der Waals surface area contributed by atoms with Crippen molar-refractivity contribution in [2.75, 3.05) is 11.9 Å². The van der Waals surface area contributed by atoms with Crippen molar-refractivity contribution in [2.24, 2.45) is 5.41 Å². The number of hydrogen-bond donors (Lipinski definition) is 1. The summed E-state index contributed by atoms with van der Waals surface area (Å²) in [6.07, 6.45) is 0.244. The molecule has 0 radical (unpaired) electrons. The monoisotopic (exact) mass is 346 g/mol. The molecule has 1 atom stereocenters. The predicted molar refractivity (Wildman–Crippen MR) is 79.8 cm³/mol. The molecule has 1 N–H and O–H groups in total. The number of carbonyl (C=O) groups is 2. The molecule has 2 rings (SSSR count). The topological polar surface area (TPSA) is 98.5 Å². The molecule has 1 amide bonds. The van der Waals surface area contributed by atoms with Gasteiger partial charge in [0, 0.05) is 12.5 Å². The van der Waals surface area contributed by atoms with Crippen LogP contribution in [0.1, 0.15) is 13.3 Å². The predicted octanol–water partition coefficient (Wildman–Crippen LogP) is 2.66. The molecule has 0 bridgehead atoms. The number of esters is 1. The Bertz CT molecular complexity index is 649. The molecule has 118 valence electrons. The van der Waals surface area contributed by atoms with Crippen LogP contribution >= 0.6 is 23.2 Å². The maximum atomic E-state index is 11.8. The minimum atomic E-state index is -1.18. The van der Waals surface area contributed by atoms with Crippen molar-refractivity contribution in [3.63, 3.8) is 0 Å². The highest BCUT2D eigenvalue weighted by atomic mass is 35.5. The summed E-state index contributed by atoms with van der Waals surface area (Å²) in [5, 5.41) is 13.1. The second-order valence-corrected chi connectivity index (χ2v) is 6.60. The first-order chi connectivity index (χ1) is 10.2. The van der Waals surface area contributed by atoms with Crippen LogP contribution in [0.2, 0.25) is 0 Å². The van der Waals surface area contributed by atoms with Gasteiger partial charge in [0.1, 0.15) is 15.4 Å². The van der Waals surface area contributed by atoms with E-state index in [-0.39, 0.29) is 17.8 Å². The number of nitro groups is 1. The summed E-state index contributed by atoms with van der Waals surface area (Å²) in [5.41, 5.74) is -1.26. The molecule has 0 spiro atoms. The molecule has 0 heterocycles. The highest BCUT2D eigenvalue weighted by Crippen LogP contribution is 2.64. The van der Waals surface area contributed by atoms with Gasteiger partial charge in [-0.15, -0.1) is 23.2 Å². The summed E-state index contributed by atoms with van der Waals surface area (Å²) in [7, 11) is 0. The van der Waals surface area contributed by atoms with Crippen LogP contribution in [0.5, 0.6) is 0 Å².